The number of pyridine rings is 1. The Morgan fingerprint density at radius 1 is 1.36 bits per heavy atom. The number of primary amides is 1. The minimum absolute atomic E-state index is 0.0313. The molecule has 0 bridgehead atoms. The van der Waals surface area contributed by atoms with E-state index in [4.69, 9.17) is 5.73 Å². The van der Waals surface area contributed by atoms with Gasteiger partial charge in [0, 0.05) is 36.8 Å². The van der Waals surface area contributed by atoms with Crippen molar-refractivity contribution in [2.45, 2.75) is 26.2 Å². The molecule has 1 aliphatic heterocycles. The summed E-state index contributed by atoms with van der Waals surface area (Å²) in [6, 6.07) is 6.60. The minimum atomic E-state index is -0.252. The highest BCUT2D eigenvalue weighted by molar-refractivity contribution is 5.91. The van der Waals surface area contributed by atoms with Gasteiger partial charge in [-0.2, -0.15) is 0 Å². The van der Waals surface area contributed by atoms with Gasteiger partial charge in [-0.1, -0.05) is 6.92 Å². The van der Waals surface area contributed by atoms with Crippen molar-refractivity contribution < 1.29 is 9.18 Å². The van der Waals surface area contributed by atoms with E-state index in [1.165, 1.54) is 12.1 Å². The summed E-state index contributed by atoms with van der Waals surface area (Å²) in [5, 5.41) is 0.834. The minimum Gasteiger partial charge on any atom is -0.371 e. The van der Waals surface area contributed by atoms with Crippen LogP contribution in [0, 0.1) is 11.2 Å². The monoisotopic (exact) mass is 301 g/mol. The van der Waals surface area contributed by atoms with Crippen molar-refractivity contribution in [3.63, 3.8) is 0 Å². The van der Waals surface area contributed by atoms with Gasteiger partial charge >= 0.3 is 0 Å². The Balaban J connectivity index is 1.85. The van der Waals surface area contributed by atoms with E-state index in [1.54, 1.807) is 12.3 Å². The first kappa shape index (κ1) is 14.8. The number of hydrogen-bond donors (Lipinski definition) is 1. The maximum absolute atomic E-state index is 13.6. The second kappa shape index (κ2) is 5.55. The average molecular weight is 301 g/mol. The Morgan fingerprint density at radius 2 is 2.09 bits per heavy atom. The third kappa shape index (κ3) is 2.89. The molecule has 1 aliphatic rings. The van der Waals surface area contributed by atoms with E-state index < -0.39 is 0 Å². The number of benzene rings is 1. The van der Waals surface area contributed by atoms with E-state index in [9.17, 15) is 9.18 Å². The summed E-state index contributed by atoms with van der Waals surface area (Å²) < 4.78 is 13.6. The highest BCUT2D eigenvalue weighted by atomic mass is 19.1. The van der Waals surface area contributed by atoms with Gasteiger partial charge in [-0.05, 0) is 42.5 Å². The molecule has 22 heavy (non-hydrogen) atoms. The Labute approximate surface area is 129 Å². The van der Waals surface area contributed by atoms with Crippen LogP contribution in [-0.4, -0.2) is 24.0 Å². The predicted molar refractivity (Wildman–Crippen MR) is 85.1 cm³/mol. The lowest BCUT2D eigenvalue weighted by Gasteiger charge is -2.40. The number of aromatic nitrogens is 1. The highest BCUT2D eigenvalue weighted by Crippen LogP contribution is 2.37. The van der Waals surface area contributed by atoms with Crippen molar-refractivity contribution in [2.24, 2.45) is 11.1 Å². The molecule has 3 rings (SSSR count). The van der Waals surface area contributed by atoms with Gasteiger partial charge in [-0.15, -0.1) is 0 Å². The molecule has 0 atom stereocenters. The van der Waals surface area contributed by atoms with E-state index >= 15 is 0 Å². The third-order valence-electron chi connectivity index (χ3n) is 4.59. The van der Waals surface area contributed by atoms with Gasteiger partial charge in [-0.25, -0.2) is 4.39 Å². The second-order valence-corrected chi connectivity index (χ2v) is 6.43. The number of fused-ring (bicyclic) bond motifs is 1. The molecule has 2 N–H and O–H groups in total. The van der Waals surface area contributed by atoms with Gasteiger partial charge in [-0.3, -0.25) is 9.78 Å². The molecule has 0 unspecified atom stereocenters. The molecule has 0 spiro atoms. The number of rotatable bonds is 3. The van der Waals surface area contributed by atoms with Crippen LogP contribution in [-0.2, 0) is 4.79 Å². The normalized spacial score (nSPS) is 17.6. The van der Waals surface area contributed by atoms with Crippen molar-refractivity contribution in [1.82, 2.24) is 4.98 Å². The maximum Gasteiger partial charge on any atom is 0.217 e. The largest absolute Gasteiger partial charge is 0.371 e. The summed E-state index contributed by atoms with van der Waals surface area (Å²) in [6.07, 6.45) is 3.98. The molecule has 5 heteroatoms. The number of amides is 1. The first-order chi connectivity index (χ1) is 10.5. The lowest BCUT2D eigenvalue weighted by molar-refractivity contribution is -0.120. The van der Waals surface area contributed by atoms with Crippen molar-refractivity contribution in [1.29, 1.82) is 0 Å². The molecule has 0 radical (unpaired) electrons. The van der Waals surface area contributed by atoms with E-state index in [1.807, 2.05) is 6.07 Å². The summed E-state index contributed by atoms with van der Waals surface area (Å²) in [5.41, 5.74) is 7.11. The number of hydrogen-bond acceptors (Lipinski definition) is 3. The highest BCUT2D eigenvalue weighted by Gasteiger charge is 2.32. The Bertz CT molecular complexity index is 708. The third-order valence-corrected chi connectivity index (χ3v) is 4.59. The smallest absolute Gasteiger partial charge is 0.217 e. The van der Waals surface area contributed by atoms with Gasteiger partial charge in [0.1, 0.15) is 5.82 Å². The average Bonchev–Trinajstić information content (AvgIpc) is 2.46. The van der Waals surface area contributed by atoms with Crippen LogP contribution >= 0.6 is 0 Å². The van der Waals surface area contributed by atoms with Gasteiger partial charge < -0.3 is 10.6 Å². The molecule has 1 aromatic carbocycles. The van der Waals surface area contributed by atoms with Crippen LogP contribution in [0.4, 0.5) is 10.1 Å². The fraction of sp³-hybridized carbons (Fsp3) is 0.412. The van der Waals surface area contributed by atoms with Crippen molar-refractivity contribution in [3.8, 4) is 0 Å². The molecule has 2 aromatic rings. The summed E-state index contributed by atoms with van der Waals surface area (Å²) in [5.74, 6) is -0.496. The zero-order chi connectivity index (χ0) is 15.7. The molecule has 0 saturated carbocycles. The molecule has 1 fully saturated rings. The molecule has 4 nitrogen and oxygen atoms in total. The lowest BCUT2D eigenvalue weighted by Crippen LogP contribution is -2.40. The molecule has 116 valence electrons. The van der Waals surface area contributed by atoms with Crippen LogP contribution in [0.1, 0.15) is 26.2 Å². The first-order valence-electron chi connectivity index (χ1n) is 7.54. The van der Waals surface area contributed by atoms with Crippen LogP contribution in [0.15, 0.2) is 30.5 Å². The Hall–Kier alpha value is -2.17. The number of halogens is 1. The SMILES string of the molecule is CC1(CC(N)=O)CCN(c2ccnc3ccc(F)cc23)CC1. The van der Waals surface area contributed by atoms with E-state index in [2.05, 4.69) is 16.8 Å². The standard InChI is InChI=1S/C17H20FN3O/c1-17(11-16(19)22)5-8-21(9-6-17)15-4-7-20-14-3-2-12(18)10-13(14)15/h2-4,7,10H,5-6,8-9,11H2,1H3,(H2,19,22). The molecule has 1 aromatic heterocycles. The molecular formula is C17H20FN3O. The predicted octanol–water partition coefficient (Wildman–Crippen LogP) is 2.86. The molecule has 1 amide bonds. The molecule has 2 heterocycles. The fourth-order valence-electron chi connectivity index (χ4n) is 3.26. The molecular weight excluding hydrogens is 281 g/mol. The number of carbonyl (C=O) groups excluding carboxylic acids is 1. The molecule has 0 aliphatic carbocycles. The topological polar surface area (TPSA) is 59.2 Å². The first-order valence-corrected chi connectivity index (χ1v) is 7.54. The second-order valence-electron chi connectivity index (χ2n) is 6.43. The van der Waals surface area contributed by atoms with Crippen LogP contribution in [0.5, 0.6) is 0 Å². The number of nitrogens with zero attached hydrogens (tertiary/aromatic N) is 2. The van der Waals surface area contributed by atoms with E-state index in [-0.39, 0.29) is 17.1 Å². The van der Waals surface area contributed by atoms with Crippen LogP contribution in [0.3, 0.4) is 0 Å². The van der Waals surface area contributed by atoms with Gasteiger partial charge in [0.05, 0.1) is 5.52 Å². The zero-order valence-corrected chi connectivity index (χ0v) is 12.7. The maximum atomic E-state index is 13.6. The van der Waals surface area contributed by atoms with E-state index in [0.29, 0.717) is 6.42 Å². The Morgan fingerprint density at radius 3 is 2.77 bits per heavy atom. The quantitative estimate of drug-likeness (QED) is 0.948. The number of nitrogens with two attached hydrogens (primary N) is 1. The van der Waals surface area contributed by atoms with Gasteiger partial charge in [0.15, 0.2) is 0 Å². The number of anilines is 1. The zero-order valence-electron chi connectivity index (χ0n) is 12.7. The number of piperidine rings is 1. The summed E-state index contributed by atoms with van der Waals surface area (Å²) in [4.78, 5) is 17.7. The molecule has 1 saturated heterocycles. The number of carbonyl (C=O) groups is 1. The van der Waals surface area contributed by atoms with Crippen molar-refractivity contribution in [3.05, 3.63) is 36.3 Å². The summed E-state index contributed by atoms with van der Waals surface area (Å²) in [6.45, 7) is 3.78. The van der Waals surface area contributed by atoms with Gasteiger partial charge in [0.25, 0.3) is 0 Å². The van der Waals surface area contributed by atoms with Crippen molar-refractivity contribution >= 4 is 22.5 Å². The lowest BCUT2D eigenvalue weighted by atomic mass is 9.77. The summed E-state index contributed by atoms with van der Waals surface area (Å²) in [7, 11) is 0. The Kier molecular flexibility index (Phi) is 3.72. The van der Waals surface area contributed by atoms with Crippen LogP contribution < -0.4 is 10.6 Å². The van der Waals surface area contributed by atoms with E-state index in [0.717, 1.165) is 42.5 Å². The van der Waals surface area contributed by atoms with Crippen molar-refractivity contribution in [2.75, 3.05) is 18.0 Å². The van der Waals surface area contributed by atoms with Gasteiger partial charge in [0.2, 0.25) is 5.91 Å². The fourth-order valence-corrected chi connectivity index (χ4v) is 3.26. The van der Waals surface area contributed by atoms with Crippen LogP contribution in [0.2, 0.25) is 0 Å². The summed E-state index contributed by atoms with van der Waals surface area (Å²) >= 11 is 0. The van der Waals surface area contributed by atoms with Crippen LogP contribution in [0.25, 0.3) is 10.9 Å².